The van der Waals surface area contributed by atoms with Crippen molar-refractivity contribution < 1.29 is 8.42 Å². The normalized spacial score (nSPS) is 22.1. The van der Waals surface area contributed by atoms with Gasteiger partial charge < -0.3 is 5.32 Å². The van der Waals surface area contributed by atoms with Crippen molar-refractivity contribution in [1.29, 1.82) is 0 Å². The molecule has 1 rings (SSSR count). The van der Waals surface area contributed by atoms with Crippen LogP contribution >= 0.6 is 11.8 Å². The monoisotopic (exact) mass is 322 g/mol. The number of nitrogens with one attached hydrogen (secondary N) is 1. The summed E-state index contributed by atoms with van der Waals surface area (Å²) >= 11 is 1.77. The molecule has 4 nitrogen and oxygen atoms in total. The van der Waals surface area contributed by atoms with Crippen LogP contribution in [0.5, 0.6) is 0 Å². The van der Waals surface area contributed by atoms with Crippen LogP contribution in [-0.2, 0) is 9.84 Å². The summed E-state index contributed by atoms with van der Waals surface area (Å²) in [6.45, 7) is 8.90. The molecule has 1 saturated heterocycles. The first kappa shape index (κ1) is 18.3. The highest BCUT2D eigenvalue weighted by molar-refractivity contribution is 8.01. The minimum absolute atomic E-state index is 0.179. The molecule has 1 heterocycles. The first-order valence-electron chi connectivity index (χ1n) is 7.62. The summed E-state index contributed by atoms with van der Waals surface area (Å²) in [5.74, 6) is 2.00. The smallest absolute Gasteiger partial charge is 0.166 e. The van der Waals surface area contributed by atoms with Gasteiger partial charge in [0.1, 0.15) is 5.37 Å². The molecule has 1 fully saturated rings. The maximum Gasteiger partial charge on any atom is 0.166 e. The summed E-state index contributed by atoms with van der Waals surface area (Å²) in [7, 11) is -1.01. The van der Waals surface area contributed by atoms with Crippen molar-refractivity contribution in [2.24, 2.45) is 5.41 Å². The molecule has 0 amide bonds. The molecule has 1 N–H and O–H groups in total. The van der Waals surface area contributed by atoms with E-state index in [1.807, 2.05) is 7.05 Å². The third kappa shape index (κ3) is 4.36. The molecule has 120 valence electrons. The van der Waals surface area contributed by atoms with Crippen molar-refractivity contribution in [3.05, 3.63) is 0 Å². The van der Waals surface area contributed by atoms with Crippen LogP contribution in [0.1, 0.15) is 33.6 Å². The van der Waals surface area contributed by atoms with E-state index in [9.17, 15) is 8.42 Å². The molecule has 0 spiro atoms. The number of sulfone groups is 1. The Hall–Kier alpha value is 0.220. The lowest BCUT2D eigenvalue weighted by Crippen LogP contribution is -2.53. The van der Waals surface area contributed by atoms with E-state index in [4.69, 9.17) is 0 Å². The van der Waals surface area contributed by atoms with E-state index < -0.39 is 9.84 Å². The highest BCUT2D eigenvalue weighted by Crippen LogP contribution is 2.31. The van der Waals surface area contributed by atoms with Crippen molar-refractivity contribution in [2.45, 2.75) is 39.0 Å². The second-order valence-electron chi connectivity index (χ2n) is 5.69. The highest BCUT2D eigenvalue weighted by Gasteiger charge is 2.37. The van der Waals surface area contributed by atoms with Crippen LogP contribution in [0.2, 0.25) is 0 Å². The Balaban J connectivity index is 2.90. The zero-order valence-electron chi connectivity index (χ0n) is 13.3. The predicted octanol–water partition coefficient (Wildman–Crippen LogP) is 1.82. The fourth-order valence-electron chi connectivity index (χ4n) is 2.90. The summed E-state index contributed by atoms with van der Waals surface area (Å²) in [5.41, 5.74) is 0.179. The fraction of sp³-hybridized carbons (Fsp3) is 1.00. The average molecular weight is 323 g/mol. The van der Waals surface area contributed by atoms with Crippen molar-refractivity contribution in [2.75, 3.05) is 43.9 Å². The summed E-state index contributed by atoms with van der Waals surface area (Å²) in [6, 6.07) is 0. The predicted molar refractivity (Wildman–Crippen MR) is 89.1 cm³/mol. The van der Waals surface area contributed by atoms with Gasteiger partial charge in [-0.2, -0.15) is 11.8 Å². The summed E-state index contributed by atoms with van der Waals surface area (Å²) < 4.78 is 24.6. The van der Waals surface area contributed by atoms with Gasteiger partial charge in [0.15, 0.2) is 9.84 Å². The zero-order chi connectivity index (χ0) is 15.2. The lowest BCUT2D eigenvalue weighted by atomic mass is 9.81. The summed E-state index contributed by atoms with van der Waals surface area (Å²) in [4.78, 5) is 2.22. The topological polar surface area (TPSA) is 49.4 Å². The third-order valence-corrected chi connectivity index (χ3v) is 7.93. The van der Waals surface area contributed by atoms with E-state index in [2.05, 4.69) is 24.1 Å². The van der Waals surface area contributed by atoms with Crippen LogP contribution in [0.3, 0.4) is 0 Å². The maximum absolute atomic E-state index is 12.3. The molecule has 1 aliphatic rings. The van der Waals surface area contributed by atoms with Crippen LogP contribution < -0.4 is 5.32 Å². The first-order chi connectivity index (χ1) is 9.44. The molecular formula is C14H30N2O2S2. The molecule has 0 aromatic rings. The summed E-state index contributed by atoms with van der Waals surface area (Å²) in [5, 5.41) is 3.00. The number of nitrogens with zero attached hydrogens (tertiary/aromatic N) is 1. The molecule has 0 bridgehead atoms. The lowest BCUT2D eigenvalue weighted by molar-refractivity contribution is 0.133. The SMILES string of the molecule is CCC(CC)(CNC)CN1CCSCC1S(=O)(=O)CC. The van der Waals surface area contributed by atoms with Gasteiger partial charge in [-0.25, -0.2) is 8.42 Å². The first-order valence-corrected chi connectivity index (χ1v) is 10.5. The Morgan fingerprint density at radius 3 is 2.45 bits per heavy atom. The van der Waals surface area contributed by atoms with Gasteiger partial charge in [0.2, 0.25) is 0 Å². The Labute approximate surface area is 129 Å². The molecule has 0 aromatic carbocycles. The van der Waals surface area contributed by atoms with E-state index in [0.29, 0.717) is 0 Å². The molecule has 0 aromatic heterocycles. The van der Waals surface area contributed by atoms with E-state index in [-0.39, 0.29) is 16.5 Å². The molecule has 0 saturated carbocycles. The standard InChI is InChI=1S/C14H30N2O2S2/c1-5-14(6-2,11-15-4)12-16-8-9-19-10-13(16)20(17,18)7-3/h13,15H,5-12H2,1-4H3. The zero-order valence-corrected chi connectivity index (χ0v) is 14.9. The molecule has 1 atom stereocenters. The number of thioether (sulfide) groups is 1. The van der Waals surface area contributed by atoms with Gasteiger partial charge in [-0.3, -0.25) is 4.90 Å². The van der Waals surface area contributed by atoms with Gasteiger partial charge in [-0.15, -0.1) is 0 Å². The second-order valence-corrected chi connectivity index (χ2v) is 9.29. The van der Waals surface area contributed by atoms with Gasteiger partial charge in [-0.1, -0.05) is 20.8 Å². The van der Waals surface area contributed by atoms with E-state index in [1.165, 1.54) is 0 Å². The Morgan fingerprint density at radius 1 is 1.30 bits per heavy atom. The molecular weight excluding hydrogens is 292 g/mol. The van der Waals surface area contributed by atoms with Crippen molar-refractivity contribution in [1.82, 2.24) is 10.2 Å². The maximum atomic E-state index is 12.3. The minimum atomic E-state index is -2.99. The fourth-order valence-corrected chi connectivity index (χ4v) is 5.98. The number of rotatable bonds is 8. The van der Waals surface area contributed by atoms with Crippen LogP contribution in [0.25, 0.3) is 0 Å². The van der Waals surface area contributed by atoms with Crippen LogP contribution in [-0.4, -0.2) is 62.6 Å². The Kier molecular flexibility index (Phi) is 7.32. The van der Waals surface area contributed by atoms with Gasteiger partial charge in [0.25, 0.3) is 0 Å². The Morgan fingerprint density at radius 2 is 1.95 bits per heavy atom. The largest absolute Gasteiger partial charge is 0.319 e. The molecule has 0 radical (unpaired) electrons. The quantitative estimate of drug-likeness (QED) is 0.739. The molecule has 6 heteroatoms. The van der Waals surface area contributed by atoms with Gasteiger partial charge in [0, 0.05) is 36.9 Å². The van der Waals surface area contributed by atoms with Gasteiger partial charge in [-0.05, 0) is 25.3 Å². The number of hydrogen-bond donors (Lipinski definition) is 1. The second kappa shape index (κ2) is 8.01. The van der Waals surface area contributed by atoms with Crippen LogP contribution in [0.4, 0.5) is 0 Å². The van der Waals surface area contributed by atoms with Crippen LogP contribution in [0.15, 0.2) is 0 Å². The Bertz CT molecular complexity index is 381. The van der Waals surface area contributed by atoms with E-state index in [0.717, 1.165) is 44.0 Å². The van der Waals surface area contributed by atoms with Gasteiger partial charge in [0.05, 0.1) is 0 Å². The van der Waals surface area contributed by atoms with Crippen molar-refractivity contribution in [3.63, 3.8) is 0 Å². The highest BCUT2D eigenvalue weighted by atomic mass is 32.2. The average Bonchev–Trinajstić information content (AvgIpc) is 2.47. The van der Waals surface area contributed by atoms with Crippen LogP contribution in [0, 0.1) is 5.41 Å². The minimum Gasteiger partial charge on any atom is -0.319 e. The van der Waals surface area contributed by atoms with Gasteiger partial charge >= 0.3 is 0 Å². The summed E-state index contributed by atoms with van der Waals surface area (Å²) in [6.07, 6.45) is 2.15. The van der Waals surface area contributed by atoms with E-state index >= 15 is 0 Å². The van der Waals surface area contributed by atoms with Crippen molar-refractivity contribution >= 4 is 21.6 Å². The molecule has 20 heavy (non-hydrogen) atoms. The van der Waals surface area contributed by atoms with E-state index in [1.54, 1.807) is 18.7 Å². The third-order valence-electron chi connectivity index (χ3n) is 4.60. The van der Waals surface area contributed by atoms with Crippen molar-refractivity contribution in [3.8, 4) is 0 Å². The molecule has 1 aliphatic heterocycles. The lowest BCUT2D eigenvalue weighted by Gasteiger charge is -2.42. The molecule has 1 unspecified atom stereocenters. The molecule has 0 aliphatic carbocycles. The number of hydrogen-bond acceptors (Lipinski definition) is 5.